The molecule has 3 nitrogen and oxygen atoms in total. The van der Waals surface area contributed by atoms with Gasteiger partial charge < -0.3 is 11.1 Å². The molecular weight excluding hydrogens is 248 g/mol. The number of carbonyl (C=O) groups excluding carboxylic acids is 1. The van der Waals surface area contributed by atoms with E-state index in [0.717, 1.165) is 6.42 Å². The normalized spacial score (nSPS) is 13.7. The molecule has 0 aliphatic heterocycles. The highest BCUT2D eigenvalue weighted by Crippen LogP contribution is 2.37. The lowest BCUT2D eigenvalue weighted by molar-refractivity contribution is -0.117. The smallest absolute Gasteiger partial charge is 0.231 e. The summed E-state index contributed by atoms with van der Waals surface area (Å²) in [5.41, 5.74) is 11.8. The Hall–Kier alpha value is -2.13. The zero-order valence-electron chi connectivity index (χ0n) is 11.5. The number of benzene rings is 2. The van der Waals surface area contributed by atoms with Crippen LogP contribution < -0.4 is 11.1 Å². The lowest BCUT2D eigenvalue weighted by Gasteiger charge is -2.14. The number of hydrogen-bond donors (Lipinski definition) is 2. The van der Waals surface area contributed by atoms with Crippen molar-refractivity contribution in [2.24, 2.45) is 5.73 Å². The van der Waals surface area contributed by atoms with Crippen LogP contribution in [0.5, 0.6) is 0 Å². The fourth-order valence-corrected chi connectivity index (χ4v) is 2.81. The van der Waals surface area contributed by atoms with Gasteiger partial charge >= 0.3 is 0 Å². The lowest BCUT2D eigenvalue weighted by Crippen LogP contribution is -2.30. The summed E-state index contributed by atoms with van der Waals surface area (Å²) in [5, 5.41) is 3.14. The molecule has 1 atom stereocenters. The van der Waals surface area contributed by atoms with Crippen molar-refractivity contribution in [3.8, 4) is 11.1 Å². The van der Waals surface area contributed by atoms with E-state index >= 15 is 0 Å². The fraction of sp³-hybridized carbons (Fsp3) is 0.235. The van der Waals surface area contributed by atoms with Gasteiger partial charge in [-0.05, 0) is 41.2 Å². The summed E-state index contributed by atoms with van der Waals surface area (Å²) in [6.45, 7) is 2.26. The van der Waals surface area contributed by atoms with Crippen molar-refractivity contribution >= 4 is 5.91 Å². The van der Waals surface area contributed by atoms with E-state index in [1.165, 1.54) is 27.8 Å². The summed E-state index contributed by atoms with van der Waals surface area (Å²) in [6.07, 6.45) is 0.988. The Labute approximate surface area is 118 Å². The molecule has 0 heterocycles. The minimum atomic E-state index is -0.328. The number of primary amides is 1. The molecule has 1 aliphatic rings. The van der Waals surface area contributed by atoms with Gasteiger partial charge in [0.15, 0.2) is 0 Å². The van der Waals surface area contributed by atoms with Crippen LogP contribution in [-0.4, -0.2) is 12.5 Å². The molecule has 0 bridgehead atoms. The Morgan fingerprint density at radius 3 is 2.75 bits per heavy atom. The Balaban J connectivity index is 1.85. The van der Waals surface area contributed by atoms with E-state index in [0.29, 0.717) is 0 Å². The van der Waals surface area contributed by atoms with Gasteiger partial charge in [-0.15, -0.1) is 0 Å². The molecule has 0 spiro atoms. The van der Waals surface area contributed by atoms with Crippen molar-refractivity contribution in [1.29, 1.82) is 0 Å². The SMILES string of the molecule is CC(NCC(N)=O)c1ccc2c(c1)Cc1ccccc1-2. The van der Waals surface area contributed by atoms with E-state index in [4.69, 9.17) is 5.73 Å². The molecule has 3 rings (SSSR count). The zero-order chi connectivity index (χ0) is 14.1. The summed E-state index contributed by atoms with van der Waals surface area (Å²) in [5.74, 6) is -0.328. The van der Waals surface area contributed by atoms with Gasteiger partial charge in [0.1, 0.15) is 0 Å². The molecular formula is C17H18N2O. The number of nitrogens with two attached hydrogens (primary N) is 1. The molecule has 2 aromatic rings. The molecule has 20 heavy (non-hydrogen) atoms. The Bertz CT molecular complexity index is 664. The molecule has 2 aromatic carbocycles. The van der Waals surface area contributed by atoms with Gasteiger partial charge in [-0.25, -0.2) is 0 Å². The Kier molecular flexibility index (Phi) is 3.28. The van der Waals surface area contributed by atoms with Crippen LogP contribution in [0.2, 0.25) is 0 Å². The average molecular weight is 266 g/mol. The number of fused-ring (bicyclic) bond motifs is 3. The summed E-state index contributed by atoms with van der Waals surface area (Å²) in [4.78, 5) is 10.8. The molecule has 0 aromatic heterocycles. The van der Waals surface area contributed by atoms with E-state index in [2.05, 4.69) is 47.8 Å². The number of carbonyl (C=O) groups is 1. The van der Waals surface area contributed by atoms with Crippen LogP contribution >= 0.6 is 0 Å². The van der Waals surface area contributed by atoms with E-state index < -0.39 is 0 Å². The standard InChI is InChI=1S/C17H18N2O/c1-11(19-10-17(18)20)12-6-7-16-14(8-12)9-13-4-2-3-5-15(13)16/h2-8,11,19H,9-10H2,1H3,(H2,18,20). The van der Waals surface area contributed by atoms with Crippen LogP contribution in [-0.2, 0) is 11.2 Å². The Morgan fingerprint density at radius 2 is 1.95 bits per heavy atom. The van der Waals surface area contributed by atoms with Crippen LogP contribution in [0.25, 0.3) is 11.1 Å². The highest BCUT2D eigenvalue weighted by Gasteiger charge is 2.18. The second kappa shape index (κ2) is 5.10. The largest absolute Gasteiger partial charge is 0.369 e. The van der Waals surface area contributed by atoms with Crippen molar-refractivity contribution in [3.05, 3.63) is 59.2 Å². The molecule has 0 saturated heterocycles. The first-order valence-corrected chi connectivity index (χ1v) is 6.88. The van der Waals surface area contributed by atoms with Gasteiger partial charge in [-0.3, -0.25) is 4.79 Å². The third-order valence-corrected chi connectivity index (χ3v) is 3.90. The number of nitrogens with one attached hydrogen (secondary N) is 1. The zero-order valence-corrected chi connectivity index (χ0v) is 11.5. The summed E-state index contributed by atoms with van der Waals surface area (Å²) < 4.78 is 0. The minimum Gasteiger partial charge on any atom is -0.369 e. The highest BCUT2D eigenvalue weighted by atomic mass is 16.1. The average Bonchev–Trinajstić information content (AvgIpc) is 2.82. The van der Waals surface area contributed by atoms with Crippen molar-refractivity contribution in [3.63, 3.8) is 0 Å². The maximum Gasteiger partial charge on any atom is 0.231 e. The van der Waals surface area contributed by atoms with Crippen LogP contribution in [0.3, 0.4) is 0 Å². The van der Waals surface area contributed by atoms with Crippen molar-refractivity contribution in [1.82, 2.24) is 5.32 Å². The van der Waals surface area contributed by atoms with Gasteiger partial charge in [0, 0.05) is 6.04 Å². The second-order valence-corrected chi connectivity index (χ2v) is 5.32. The maximum absolute atomic E-state index is 10.8. The van der Waals surface area contributed by atoms with Crippen molar-refractivity contribution in [2.45, 2.75) is 19.4 Å². The van der Waals surface area contributed by atoms with Crippen molar-refractivity contribution < 1.29 is 4.79 Å². The van der Waals surface area contributed by atoms with Crippen LogP contribution in [0.4, 0.5) is 0 Å². The first-order chi connectivity index (χ1) is 9.65. The maximum atomic E-state index is 10.8. The fourth-order valence-electron chi connectivity index (χ4n) is 2.81. The molecule has 3 N–H and O–H groups in total. The molecule has 0 fully saturated rings. The number of amides is 1. The summed E-state index contributed by atoms with van der Waals surface area (Å²) in [6, 6.07) is 15.2. The van der Waals surface area contributed by atoms with Crippen LogP contribution in [0, 0.1) is 0 Å². The third kappa shape index (κ3) is 2.32. The molecule has 102 valence electrons. The van der Waals surface area contributed by atoms with E-state index in [-0.39, 0.29) is 18.5 Å². The summed E-state index contributed by atoms with van der Waals surface area (Å²) in [7, 11) is 0. The minimum absolute atomic E-state index is 0.122. The van der Waals surface area contributed by atoms with Gasteiger partial charge in [-0.1, -0.05) is 42.5 Å². The number of hydrogen-bond acceptors (Lipinski definition) is 2. The van der Waals surface area contributed by atoms with Crippen molar-refractivity contribution in [2.75, 3.05) is 6.54 Å². The van der Waals surface area contributed by atoms with E-state index in [1.54, 1.807) is 0 Å². The molecule has 3 heteroatoms. The third-order valence-electron chi connectivity index (χ3n) is 3.90. The molecule has 1 amide bonds. The van der Waals surface area contributed by atoms with Gasteiger partial charge in [0.05, 0.1) is 6.54 Å². The summed E-state index contributed by atoms with van der Waals surface area (Å²) >= 11 is 0. The topological polar surface area (TPSA) is 55.1 Å². The predicted molar refractivity (Wildman–Crippen MR) is 80.3 cm³/mol. The number of rotatable bonds is 4. The first-order valence-electron chi connectivity index (χ1n) is 6.88. The quantitative estimate of drug-likeness (QED) is 0.762. The van der Waals surface area contributed by atoms with Gasteiger partial charge in [0.25, 0.3) is 0 Å². The lowest BCUT2D eigenvalue weighted by atomic mass is 10.0. The predicted octanol–water partition coefficient (Wildman–Crippen LogP) is 2.39. The highest BCUT2D eigenvalue weighted by molar-refractivity contribution is 5.77. The first kappa shape index (κ1) is 12.9. The molecule has 0 radical (unpaired) electrons. The monoisotopic (exact) mass is 266 g/mol. The van der Waals surface area contributed by atoms with Crippen LogP contribution in [0.1, 0.15) is 29.7 Å². The van der Waals surface area contributed by atoms with E-state index in [9.17, 15) is 4.79 Å². The van der Waals surface area contributed by atoms with Gasteiger partial charge in [0.2, 0.25) is 5.91 Å². The second-order valence-electron chi connectivity index (χ2n) is 5.32. The van der Waals surface area contributed by atoms with Gasteiger partial charge in [-0.2, -0.15) is 0 Å². The molecule has 0 saturated carbocycles. The van der Waals surface area contributed by atoms with E-state index in [1.807, 2.05) is 6.92 Å². The Morgan fingerprint density at radius 1 is 1.20 bits per heavy atom. The molecule has 1 aliphatic carbocycles. The van der Waals surface area contributed by atoms with Crippen LogP contribution in [0.15, 0.2) is 42.5 Å². The molecule has 1 unspecified atom stereocenters.